The van der Waals surface area contributed by atoms with E-state index in [1.165, 1.54) is 10.8 Å². The van der Waals surface area contributed by atoms with Crippen LogP contribution in [0.15, 0.2) is 48.5 Å². The zero-order chi connectivity index (χ0) is 15.8. The van der Waals surface area contributed by atoms with E-state index in [0.717, 1.165) is 11.0 Å². The molecule has 2 aromatic carbocycles. The van der Waals surface area contributed by atoms with Crippen molar-refractivity contribution in [3.63, 3.8) is 0 Å². The van der Waals surface area contributed by atoms with Crippen molar-refractivity contribution in [2.75, 3.05) is 19.6 Å². The van der Waals surface area contributed by atoms with Crippen LogP contribution in [-0.4, -0.2) is 46.3 Å². The molecule has 1 saturated heterocycles. The number of hydrogen-bond donors (Lipinski definition) is 2. The molecule has 0 saturated carbocycles. The van der Waals surface area contributed by atoms with Crippen molar-refractivity contribution in [3.05, 3.63) is 48.5 Å². The van der Waals surface area contributed by atoms with Crippen LogP contribution in [0.5, 0.6) is 0 Å². The molecule has 4 rings (SSSR count). The quantitative estimate of drug-likeness (QED) is 0.776. The summed E-state index contributed by atoms with van der Waals surface area (Å²) in [6, 6.07) is 16.4. The van der Waals surface area contributed by atoms with E-state index in [0.29, 0.717) is 26.2 Å². The molecule has 1 fully saturated rings. The molecule has 5 nitrogen and oxygen atoms in total. The highest BCUT2D eigenvalue weighted by Crippen LogP contribution is 2.28. The van der Waals surface area contributed by atoms with Gasteiger partial charge >= 0.3 is 6.03 Å². The first-order chi connectivity index (χ1) is 11.2. The number of β-amino-alcohol motifs (C(OH)–C–C–N with tert-alkyl or cyclic N) is 1. The summed E-state index contributed by atoms with van der Waals surface area (Å²) in [6.07, 6.45) is -0.599. The highest BCUT2D eigenvalue weighted by atomic mass is 16.3. The van der Waals surface area contributed by atoms with E-state index in [4.69, 9.17) is 0 Å². The SMILES string of the molecule is O=C1NCCN1CC(O)Cn1c2ccccc2c2ccccc21. The summed E-state index contributed by atoms with van der Waals surface area (Å²) in [6.45, 7) is 2.13. The molecule has 0 radical (unpaired) electrons. The van der Waals surface area contributed by atoms with Gasteiger partial charge in [0.15, 0.2) is 0 Å². The van der Waals surface area contributed by atoms with Gasteiger partial charge in [0.05, 0.1) is 19.2 Å². The van der Waals surface area contributed by atoms with E-state index >= 15 is 0 Å². The molecule has 1 aliphatic heterocycles. The van der Waals surface area contributed by atoms with Crippen LogP contribution in [0.25, 0.3) is 21.8 Å². The van der Waals surface area contributed by atoms with Crippen molar-refractivity contribution in [1.82, 2.24) is 14.8 Å². The third kappa shape index (κ3) is 2.43. The van der Waals surface area contributed by atoms with E-state index in [2.05, 4.69) is 34.1 Å². The second kappa shape index (κ2) is 5.59. The van der Waals surface area contributed by atoms with Crippen LogP contribution >= 0.6 is 0 Å². The highest BCUT2D eigenvalue weighted by Gasteiger charge is 2.23. The van der Waals surface area contributed by atoms with Gasteiger partial charge in [-0.1, -0.05) is 36.4 Å². The van der Waals surface area contributed by atoms with Crippen molar-refractivity contribution in [3.8, 4) is 0 Å². The average Bonchev–Trinajstić information content (AvgIpc) is 3.11. The monoisotopic (exact) mass is 309 g/mol. The number of aliphatic hydroxyl groups excluding tert-OH is 1. The number of para-hydroxylation sites is 2. The van der Waals surface area contributed by atoms with Crippen molar-refractivity contribution in [2.45, 2.75) is 12.6 Å². The Labute approximate surface area is 134 Å². The first kappa shape index (κ1) is 14.1. The molecule has 118 valence electrons. The number of nitrogens with zero attached hydrogens (tertiary/aromatic N) is 2. The van der Waals surface area contributed by atoms with Crippen LogP contribution in [0.3, 0.4) is 0 Å². The molecule has 23 heavy (non-hydrogen) atoms. The molecule has 2 N–H and O–H groups in total. The molecular formula is C18H19N3O2. The van der Waals surface area contributed by atoms with Gasteiger partial charge in [-0.05, 0) is 12.1 Å². The molecule has 1 atom stereocenters. The number of carbonyl (C=O) groups excluding carboxylic acids is 1. The van der Waals surface area contributed by atoms with Crippen LogP contribution in [-0.2, 0) is 6.54 Å². The number of amides is 2. The summed E-state index contributed by atoms with van der Waals surface area (Å²) in [5.41, 5.74) is 2.22. The van der Waals surface area contributed by atoms with Gasteiger partial charge in [0.25, 0.3) is 0 Å². The maximum Gasteiger partial charge on any atom is 0.317 e. The number of nitrogens with one attached hydrogen (secondary N) is 1. The van der Waals surface area contributed by atoms with E-state index < -0.39 is 6.10 Å². The summed E-state index contributed by atoms with van der Waals surface area (Å²) in [5, 5.41) is 15.6. The number of fused-ring (bicyclic) bond motifs is 3. The molecule has 1 unspecified atom stereocenters. The van der Waals surface area contributed by atoms with E-state index in [-0.39, 0.29) is 6.03 Å². The van der Waals surface area contributed by atoms with Crippen molar-refractivity contribution in [2.24, 2.45) is 0 Å². The summed E-state index contributed by atoms with van der Waals surface area (Å²) in [7, 11) is 0. The molecule has 1 aromatic heterocycles. The summed E-state index contributed by atoms with van der Waals surface area (Å²) < 4.78 is 2.14. The van der Waals surface area contributed by atoms with Crippen molar-refractivity contribution >= 4 is 27.8 Å². The van der Waals surface area contributed by atoms with Crippen molar-refractivity contribution in [1.29, 1.82) is 0 Å². The Bertz CT molecular complexity index is 818. The van der Waals surface area contributed by atoms with Crippen LogP contribution in [0.2, 0.25) is 0 Å². The smallest absolute Gasteiger partial charge is 0.317 e. The molecule has 0 spiro atoms. The Morgan fingerprint density at radius 3 is 2.17 bits per heavy atom. The highest BCUT2D eigenvalue weighted by molar-refractivity contribution is 6.07. The third-order valence-electron chi connectivity index (χ3n) is 4.45. The zero-order valence-corrected chi connectivity index (χ0v) is 12.8. The molecule has 1 aliphatic rings. The number of urea groups is 1. The predicted octanol–water partition coefficient (Wildman–Crippen LogP) is 2.18. The van der Waals surface area contributed by atoms with Gasteiger partial charge in [-0.25, -0.2) is 4.79 Å². The fourth-order valence-corrected chi connectivity index (χ4v) is 3.41. The lowest BCUT2D eigenvalue weighted by atomic mass is 10.2. The Hall–Kier alpha value is -2.53. The van der Waals surface area contributed by atoms with E-state index in [1.54, 1.807) is 4.90 Å². The number of carbonyl (C=O) groups is 1. The number of benzene rings is 2. The second-order valence-electron chi connectivity index (χ2n) is 5.98. The number of aromatic nitrogens is 1. The lowest BCUT2D eigenvalue weighted by Gasteiger charge is -2.20. The molecule has 2 heterocycles. The largest absolute Gasteiger partial charge is 0.389 e. The number of aliphatic hydroxyl groups is 1. The van der Waals surface area contributed by atoms with E-state index in [1.807, 2.05) is 24.3 Å². The molecule has 0 aliphatic carbocycles. The summed E-state index contributed by atoms with van der Waals surface area (Å²) in [4.78, 5) is 13.3. The molecule has 0 bridgehead atoms. The van der Waals surface area contributed by atoms with Gasteiger partial charge < -0.3 is 19.9 Å². The Morgan fingerprint density at radius 1 is 1.00 bits per heavy atom. The molecule has 5 heteroatoms. The van der Waals surface area contributed by atoms with Crippen LogP contribution in [0.1, 0.15) is 0 Å². The minimum Gasteiger partial charge on any atom is -0.389 e. The minimum absolute atomic E-state index is 0.0914. The number of hydrogen-bond acceptors (Lipinski definition) is 2. The Morgan fingerprint density at radius 2 is 1.61 bits per heavy atom. The molecular weight excluding hydrogens is 290 g/mol. The summed E-state index contributed by atoms with van der Waals surface area (Å²) >= 11 is 0. The first-order valence-corrected chi connectivity index (χ1v) is 7.91. The van der Waals surface area contributed by atoms with Crippen molar-refractivity contribution < 1.29 is 9.90 Å². The zero-order valence-electron chi connectivity index (χ0n) is 12.8. The third-order valence-corrected chi connectivity index (χ3v) is 4.45. The van der Waals surface area contributed by atoms with Gasteiger partial charge in [-0.15, -0.1) is 0 Å². The topological polar surface area (TPSA) is 57.5 Å². The first-order valence-electron chi connectivity index (χ1n) is 7.91. The van der Waals surface area contributed by atoms with Crippen LogP contribution in [0, 0.1) is 0 Å². The van der Waals surface area contributed by atoms with Gasteiger partial charge in [0.1, 0.15) is 0 Å². The summed E-state index contributed by atoms with van der Waals surface area (Å²) in [5.74, 6) is 0. The average molecular weight is 309 g/mol. The predicted molar refractivity (Wildman–Crippen MR) is 90.4 cm³/mol. The van der Waals surface area contributed by atoms with Gasteiger partial charge in [-0.3, -0.25) is 0 Å². The van der Waals surface area contributed by atoms with Crippen LogP contribution in [0.4, 0.5) is 4.79 Å². The lowest BCUT2D eigenvalue weighted by Crippen LogP contribution is -2.36. The van der Waals surface area contributed by atoms with Gasteiger partial charge in [0.2, 0.25) is 0 Å². The Balaban J connectivity index is 1.68. The maximum atomic E-state index is 11.6. The fraction of sp³-hybridized carbons (Fsp3) is 0.278. The normalized spacial score (nSPS) is 16.2. The molecule has 2 amide bonds. The number of rotatable bonds is 4. The van der Waals surface area contributed by atoms with Gasteiger partial charge in [-0.2, -0.15) is 0 Å². The second-order valence-corrected chi connectivity index (χ2v) is 5.98. The maximum absolute atomic E-state index is 11.6. The molecule has 3 aromatic rings. The Kier molecular flexibility index (Phi) is 3.42. The van der Waals surface area contributed by atoms with E-state index in [9.17, 15) is 9.90 Å². The minimum atomic E-state index is -0.599. The fourth-order valence-electron chi connectivity index (χ4n) is 3.41. The standard InChI is InChI=1S/C18H19N3O2/c22-13(11-20-10-9-19-18(20)23)12-21-16-7-3-1-5-14(16)15-6-2-4-8-17(15)21/h1-8,13,22H,9-12H2,(H,19,23). The van der Waals surface area contributed by atoms with Crippen LogP contribution < -0.4 is 5.32 Å². The van der Waals surface area contributed by atoms with Gasteiger partial charge in [0, 0.05) is 34.9 Å². The lowest BCUT2D eigenvalue weighted by molar-refractivity contribution is 0.118.